The van der Waals surface area contributed by atoms with Crippen LogP contribution in [0.4, 0.5) is 0 Å². The van der Waals surface area contributed by atoms with Gasteiger partial charge >= 0.3 is 0 Å². The predicted octanol–water partition coefficient (Wildman–Crippen LogP) is 2.45. The van der Waals surface area contributed by atoms with Gasteiger partial charge in [0, 0.05) is 26.1 Å². The molecule has 1 unspecified atom stereocenters. The first-order chi connectivity index (χ1) is 11.2. The van der Waals surface area contributed by atoms with Crippen LogP contribution in [0.3, 0.4) is 0 Å². The molecule has 0 aliphatic carbocycles. The maximum Gasteiger partial charge on any atom is 0.217 e. The molecule has 0 bridgehead atoms. The minimum atomic E-state index is 0.0541. The van der Waals surface area contributed by atoms with E-state index in [1.165, 1.54) is 0 Å². The van der Waals surface area contributed by atoms with Crippen molar-refractivity contribution in [1.82, 2.24) is 10.2 Å². The lowest BCUT2D eigenvalue weighted by Crippen LogP contribution is -2.48. The van der Waals surface area contributed by atoms with E-state index >= 15 is 0 Å². The van der Waals surface area contributed by atoms with Crippen LogP contribution in [0.15, 0.2) is 24.3 Å². The van der Waals surface area contributed by atoms with Crippen molar-refractivity contribution in [3.05, 3.63) is 24.3 Å². The molecule has 5 nitrogen and oxygen atoms in total. The summed E-state index contributed by atoms with van der Waals surface area (Å²) in [4.78, 5) is 13.5. The van der Waals surface area contributed by atoms with Crippen molar-refractivity contribution in [2.45, 2.75) is 39.2 Å². The van der Waals surface area contributed by atoms with Crippen molar-refractivity contribution < 1.29 is 14.3 Å². The molecule has 2 rings (SSSR count). The first-order valence-electron chi connectivity index (χ1n) is 8.52. The molecule has 1 aliphatic heterocycles. The quantitative estimate of drug-likeness (QED) is 0.799. The lowest BCUT2D eigenvalue weighted by Gasteiger charge is -2.32. The van der Waals surface area contributed by atoms with Gasteiger partial charge in [-0.2, -0.15) is 0 Å². The molecule has 0 aromatic heterocycles. The van der Waals surface area contributed by atoms with E-state index in [9.17, 15) is 4.79 Å². The first kappa shape index (κ1) is 17.6. The third kappa shape index (κ3) is 6.48. The van der Waals surface area contributed by atoms with Gasteiger partial charge in [0.05, 0.1) is 6.61 Å². The van der Waals surface area contributed by atoms with Crippen molar-refractivity contribution in [2.75, 3.05) is 32.8 Å². The van der Waals surface area contributed by atoms with Crippen molar-refractivity contribution >= 4 is 5.91 Å². The number of benzene rings is 1. The average molecular weight is 320 g/mol. The first-order valence-corrected chi connectivity index (χ1v) is 8.52. The Morgan fingerprint density at radius 3 is 2.48 bits per heavy atom. The Labute approximate surface area is 139 Å². The third-order valence-electron chi connectivity index (χ3n) is 3.89. The maximum absolute atomic E-state index is 11.1. The van der Waals surface area contributed by atoms with Crippen molar-refractivity contribution in [1.29, 1.82) is 0 Å². The summed E-state index contributed by atoms with van der Waals surface area (Å²) in [6.45, 7) is 7.93. The highest BCUT2D eigenvalue weighted by Crippen LogP contribution is 2.18. The second kappa shape index (κ2) is 9.40. The van der Waals surface area contributed by atoms with E-state index in [2.05, 4.69) is 17.1 Å². The highest BCUT2D eigenvalue weighted by molar-refractivity contribution is 5.73. The minimum Gasteiger partial charge on any atom is -0.494 e. The number of hydrogen-bond donors (Lipinski definition) is 1. The van der Waals surface area contributed by atoms with E-state index in [0.717, 1.165) is 57.0 Å². The van der Waals surface area contributed by atoms with Gasteiger partial charge in [-0.1, -0.05) is 6.92 Å². The second-order valence-electron chi connectivity index (χ2n) is 6.01. The molecule has 0 radical (unpaired) electrons. The van der Waals surface area contributed by atoms with Crippen molar-refractivity contribution in [2.24, 2.45) is 0 Å². The van der Waals surface area contributed by atoms with Gasteiger partial charge in [0.25, 0.3) is 0 Å². The van der Waals surface area contributed by atoms with Crippen molar-refractivity contribution in [3.8, 4) is 11.5 Å². The fraction of sp³-hybridized carbons (Fsp3) is 0.611. The van der Waals surface area contributed by atoms with Crippen LogP contribution in [-0.4, -0.2) is 49.7 Å². The fourth-order valence-corrected chi connectivity index (χ4v) is 2.81. The van der Waals surface area contributed by atoms with Crippen LogP contribution in [0.5, 0.6) is 11.5 Å². The van der Waals surface area contributed by atoms with E-state index in [1.807, 2.05) is 24.3 Å². The van der Waals surface area contributed by atoms with E-state index in [-0.39, 0.29) is 11.9 Å². The molecule has 0 saturated carbocycles. The van der Waals surface area contributed by atoms with Crippen molar-refractivity contribution in [3.63, 3.8) is 0 Å². The Morgan fingerprint density at radius 2 is 1.87 bits per heavy atom. The number of ether oxygens (including phenoxy) is 2. The lowest BCUT2D eigenvalue weighted by atomic mass is 10.1. The van der Waals surface area contributed by atoms with Gasteiger partial charge < -0.3 is 14.8 Å². The summed E-state index contributed by atoms with van der Waals surface area (Å²) >= 11 is 0. The van der Waals surface area contributed by atoms with E-state index in [4.69, 9.17) is 9.47 Å². The number of nitrogens with one attached hydrogen (secondary N) is 1. The molecule has 5 heteroatoms. The molecular weight excluding hydrogens is 292 g/mol. The standard InChI is InChI=1S/C18H28N2O3/c1-3-12-22-17-6-8-18(9-7-17)23-13-11-20-10-4-5-16(14-20)19-15(2)21/h6-9,16H,3-5,10-14H2,1-2H3,(H,19,21). The van der Waals surface area contributed by atoms with E-state index in [1.54, 1.807) is 6.92 Å². The molecule has 1 saturated heterocycles. The van der Waals surface area contributed by atoms with Crippen LogP contribution < -0.4 is 14.8 Å². The summed E-state index contributed by atoms with van der Waals surface area (Å²) in [7, 11) is 0. The number of likely N-dealkylation sites (tertiary alicyclic amines) is 1. The molecule has 128 valence electrons. The van der Waals surface area contributed by atoms with Gasteiger partial charge in [-0.15, -0.1) is 0 Å². The van der Waals surface area contributed by atoms with Gasteiger partial charge in [-0.05, 0) is 50.1 Å². The monoisotopic (exact) mass is 320 g/mol. The number of piperidine rings is 1. The summed E-state index contributed by atoms with van der Waals surface area (Å²) in [6.07, 6.45) is 3.19. The predicted molar refractivity (Wildman–Crippen MR) is 91.0 cm³/mol. The Bertz CT molecular complexity index is 476. The molecule has 0 spiro atoms. The SMILES string of the molecule is CCCOc1ccc(OCCN2CCCC(NC(C)=O)C2)cc1. The molecule has 1 N–H and O–H groups in total. The maximum atomic E-state index is 11.1. The van der Waals surface area contributed by atoms with Crippen LogP contribution in [-0.2, 0) is 4.79 Å². The van der Waals surface area contributed by atoms with Gasteiger partial charge in [0.1, 0.15) is 18.1 Å². The number of carbonyl (C=O) groups excluding carboxylic acids is 1. The summed E-state index contributed by atoms with van der Waals surface area (Å²) in [5, 5.41) is 3.01. The number of hydrogen-bond acceptors (Lipinski definition) is 4. The Kier molecular flexibility index (Phi) is 7.20. The number of carbonyl (C=O) groups is 1. The number of rotatable bonds is 8. The van der Waals surface area contributed by atoms with Crippen LogP contribution in [0.25, 0.3) is 0 Å². The molecule has 23 heavy (non-hydrogen) atoms. The molecular formula is C18H28N2O3. The largest absolute Gasteiger partial charge is 0.494 e. The fourth-order valence-electron chi connectivity index (χ4n) is 2.81. The molecule has 1 heterocycles. The van der Waals surface area contributed by atoms with Gasteiger partial charge in [0.15, 0.2) is 0 Å². The summed E-state index contributed by atoms with van der Waals surface area (Å²) < 4.78 is 11.4. The summed E-state index contributed by atoms with van der Waals surface area (Å²) in [5.74, 6) is 1.80. The summed E-state index contributed by atoms with van der Waals surface area (Å²) in [5.41, 5.74) is 0. The highest BCUT2D eigenvalue weighted by Gasteiger charge is 2.19. The van der Waals surface area contributed by atoms with Crippen LogP contribution in [0, 0.1) is 0 Å². The Hall–Kier alpha value is -1.75. The smallest absolute Gasteiger partial charge is 0.217 e. The zero-order valence-electron chi connectivity index (χ0n) is 14.2. The van der Waals surface area contributed by atoms with Crippen LogP contribution >= 0.6 is 0 Å². The number of nitrogens with zero attached hydrogens (tertiary/aromatic N) is 1. The van der Waals surface area contributed by atoms with Gasteiger partial charge in [0.2, 0.25) is 5.91 Å². The molecule has 1 atom stereocenters. The summed E-state index contributed by atoms with van der Waals surface area (Å²) in [6, 6.07) is 8.05. The number of amides is 1. The van der Waals surface area contributed by atoms with Crippen LogP contribution in [0.1, 0.15) is 33.1 Å². The molecule has 1 aliphatic rings. The van der Waals surface area contributed by atoms with Crippen LogP contribution in [0.2, 0.25) is 0 Å². The van der Waals surface area contributed by atoms with Gasteiger partial charge in [-0.3, -0.25) is 9.69 Å². The minimum absolute atomic E-state index is 0.0541. The lowest BCUT2D eigenvalue weighted by molar-refractivity contribution is -0.120. The average Bonchev–Trinajstić information content (AvgIpc) is 2.54. The van der Waals surface area contributed by atoms with E-state index < -0.39 is 0 Å². The van der Waals surface area contributed by atoms with Gasteiger partial charge in [-0.25, -0.2) is 0 Å². The highest BCUT2D eigenvalue weighted by atomic mass is 16.5. The Balaban J connectivity index is 1.68. The Morgan fingerprint density at radius 1 is 1.22 bits per heavy atom. The normalized spacial score (nSPS) is 18.4. The topological polar surface area (TPSA) is 50.8 Å². The molecule has 1 amide bonds. The molecule has 1 aromatic rings. The molecule has 1 aromatic carbocycles. The molecule has 1 fully saturated rings. The zero-order valence-corrected chi connectivity index (χ0v) is 14.2. The third-order valence-corrected chi connectivity index (χ3v) is 3.89. The van der Waals surface area contributed by atoms with E-state index in [0.29, 0.717) is 6.61 Å². The zero-order chi connectivity index (χ0) is 16.5. The second-order valence-corrected chi connectivity index (χ2v) is 6.01.